The summed E-state index contributed by atoms with van der Waals surface area (Å²) in [6.45, 7) is 2.94. The van der Waals surface area contributed by atoms with Gasteiger partial charge in [-0.05, 0) is 37.3 Å². The van der Waals surface area contributed by atoms with E-state index in [2.05, 4.69) is 15.5 Å². The topological polar surface area (TPSA) is 78.6 Å². The fourth-order valence-electron chi connectivity index (χ4n) is 2.48. The molecule has 0 fully saturated rings. The molecule has 0 unspecified atom stereocenters. The van der Waals surface area contributed by atoms with Crippen LogP contribution in [0, 0.1) is 0 Å². The Morgan fingerprint density at radius 1 is 0.962 bits per heavy atom. The second-order valence-corrected chi connectivity index (χ2v) is 5.35. The maximum absolute atomic E-state index is 5.74. The lowest BCUT2D eigenvalue weighted by Crippen LogP contribution is -2.02. The van der Waals surface area contributed by atoms with Crippen LogP contribution in [0.3, 0.4) is 0 Å². The van der Waals surface area contributed by atoms with Gasteiger partial charge in [-0.1, -0.05) is 12.1 Å². The molecule has 0 radical (unpaired) electrons. The van der Waals surface area contributed by atoms with E-state index in [1.54, 1.807) is 26.4 Å². The van der Waals surface area contributed by atoms with Crippen molar-refractivity contribution < 1.29 is 18.6 Å². The summed E-state index contributed by atoms with van der Waals surface area (Å²) in [6, 6.07) is 13.2. The number of para-hydroxylation sites is 2. The lowest BCUT2D eigenvalue weighted by atomic mass is 10.2. The van der Waals surface area contributed by atoms with E-state index in [0.717, 1.165) is 17.0 Å². The van der Waals surface area contributed by atoms with Crippen LogP contribution in [0.5, 0.6) is 17.2 Å². The summed E-state index contributed by atoms with van der Waals surface area (Å²) >= 11 is 0. The number of hydrogen-bond donors (Lipinski definition) is 1. The van der Waals surface area contributed by atoms with Crippen molar-refractivity contribution in [3.8, 4) is 28.7 Å². The predicted octanol–water partition coefficient (Wildman–Crippen LogP) is 3.76. The zero-order valence-electron chi connectivity index (χ0n) is 15.0. The summed E-state index contributed by atoms with van der Waals surface area (Å²) in [6.07, 6.45) is 0. The van der Waals surface area contributed by atoms with Crippen LogP contribution in [0.2, 0.25) is 0 Å². The van der Waals surface area contributed by atoms with Gasteiger partial charge >= 0.3 is 0 Å². The number of rotatable bonds is 8. The number of anilines is 1. The highest BCUT2D eigenvalue weighted by molar-refractivity contribution is 5.60. The number of benzene rings is 2. The van der Waals surface area contributed by atoms with Gasteiger partial charge in [0.1, 0.15) is 5.75 Å². The van der Waals surface area contributed by atoms with Gasteiger partial charge in [-0.25, -0.2) is 0 Å². The molecule has 0 aliphatic rings. The molecule has 3 aromatic rings. The molecule has 26 heavy (non-hydrogen) atoms. The Bertz CT molecular complexity index is 863. The van der Waals surface area contributed by atoms with Crippen LogP contribution < -0.4 is 19.5 Å². The number of hydrogen-bond acceptors (Lipinski definition) is 7. The maximum atomic E-state index is 5.74. The maximum Gasteiger partial charge on any atom is 0.247 e. The van der Waals surface area contributed by atoms with Crippen molar-refractivity contribution in [1.82, 2.24) is 10.2 Å². The molecule has 0 aliphatic carbocycles. The molecule has 1 heterocycles. The third kappa shape index (κ3) is 3.88. The van der Waals surface area contributed by atoms with Gasteiger partial charge in [-0.3, -0.25) is 0 Å². The average Bonchev–Trinajstić information content (AvgIpc) is 3.16. The van der Waals surface area contributed by atoms with Crippen molar-refractivity contribution in [2.75, 3.05) is 26.1 Å². The van der Waals surface area contributed by atoms with Crippen LogP contribution in [-0.2, 0) is 6.54 Å². The van der Waals surface area contributed by atoms with Gasteiger partial charge in [0.25, 0.3) is 0 Å². The van der Waals surface area contributed by atoms with Crippen LogP contribution in [0.1, 0.15) is 12.8 Å². The largest absolute Gasteiger partial charge is 0.493 e. The minimum atomic E-state index is 0.393. The molecule has 0 aliphatic heterocycles. The number of ether oxygens (including phenoxy) is 3. The second kappa shape index (κ2) is 8.24. The number of nitrogens with one attached hydrogen (secondary N) is 1. The second-order valence-electron chi connectivity index (χ2n) is 5.35. The van der Waals surface area contributed by atoms with Gasteiger partial charge in [0.15, 0.2) is 11.5 Å². The summed E-state index contributed by atoms with van der Waals surface area (Å²) in [5.41, 5.74) is 1.64. The summed E-state index contributed by atoms with van der Waals surface area (Å²) < 4.78 is 21.9. The molecular formula is C19H21N3O4. The van der Waals surface area contributed by atoms with E-state index in [1.165, 1.54) is 0 Å². The Kier molecular flexibility index (Phi) is 5.58. The van der Waals surface area contributed by atoms with E-state index >= 15 is 0 Å². The van der Waals surface area contributed by atoms with Gasteiger partial charge in [-0.2, -0.15) is 0 Å². The van der Waals surface area contributed by atoms with Crippen molar-refractivity contribution in [3.05, 3.63) is 48.4 Å². The Balaban J connectivity index is 1.73. The third-order valence-corrected chi connectivity index (χ3v) is 3.71. The normalized spacial score (nSPS) is 10.4. The molecule has 0 amide bonds. The molecule has 1 aromatic heterocycles. The van der Waals surface area contributed by atoms with Crippen LogP contribution in [-0.4, -0.2) is 31.0 Å². The Labute approximate surface area is 151 Å². The minimum Gasteiger partial charge on any atom is -0.493 e. The van der Waals surface area contributed by atoms with Crippen molar-refractivity contribution >= 4 is 5.69 Å². The fourth-order valence-corrected chi connectivity index (χ4v) is 2.48. The summed E-state index contributed by atoms with van der Waals surface area (Å²) in [4.78, 5) is 0. The molecular weight excluding hydrogens is 334 g/mol. The van der Waals surface area contributed by atoms with Crippen LogP contribution in [0.4, 0.5) is 5.69 Å². The Morgan fingerprint density at radius 2 is 1.77 bits per heavy atom. The highest BCUT2D eigenvalue weighted by Crippen LogP contribution is 2.32. The lowest BCUT2D eigenvalue weighted by molar-refractivity contribution is 0.341. The van der Waals surface area contributed by atoms with Crippen LogP contribution >= 0.6 is 0 Å². The first-order valence-corrected chi connectivity index (χ1v) is 8.25. The van der Waals surface area contributed by atoms with Crippen molar-refractivity contribution in [3.63, 3.8) is 0 Å². The van der Waals surface area contributed by atoms with Crippen molar-refractivity contribution in [2.45, 2.75) is 13.5 Å². The van der Waals surface area contributed by atoms with Gasteiger partial charge in [0.2, 0.25) is 11.8 Å². The lowest BCUT2D eigenvalue weighted by Gasteiger charge is -2.10. The molecule has 0 bridgehead atoms. The third-order valence-electron chi connectivity index (χ3n) is 3.71. The van der Waals surface area contributed by atoms with E-state index in [0.29, 0.717) is 36.4 Å². The molecule has 7 heteroatoms. The van der Waals surface area contributed by atoms with Crippen molar-refractivity contribution in [2.24, 2.45) is 0 Å². The molecule has 7 nitrogen and oxygen atoms in total. The predicted molar refractivity (Wildman–Crippen MR) is 97.8 cm³/mol. The van der Waals surface area contributed by atoms with Crippen LogP contribution in [0.15, 0.2) is 46.9 Å². The van der Waals surface area contributed by atoms with E-state index in [9.17, 15) is 0 Å². The summed E-state index contributed by atoms with van der Waals surface area (Å²) in [7, 11) is 3.18. The van der Waals surface area contributed by atoms with E-state index in [1.807, 2.05) is 37.3 Å². The van der Waals surface area contributed by atoms with Crippen LogP contribution in [0.25, 0.3) is 11.5 Å². The smallest absolute Gasteiger partial charge is 0.247 e. The highest BCUT2D eigenvalue weighted by atomic mass is 16.5. The van der Waals surface area contributed by atoms with Gasteiger partial charge in [0, 0.05) is 5.56 Å². The minimum absolute atomic E-state index is 0.393. The molecule has 0 saturated heterocycles. The Hall–Kier alpha value is -3.22. The SMILES string of the molecule is CCOc1ccccc1NCc1nnc(-c2ccc(OC)c(OC)c2)o1. The monoisotopic (exact) mass is 355 g/mol. The first-order valence-electron chi connectivity index (χ1n) is 8.25. The molecule has 3 rings (SSSR count). The highest BCUT2D eigenvalue weighted by Gasteiger charge is 2.12. The molecule has 0 saturated carbocycles. The first kappa shape index (κ1) is 17.6. The van der Waals surface area contributed by atoms with Gasteiger partial charge in [0.05, 0.1) is 33.1 Å². The standard InChI is InChI=1S/C19H21N3O4/c1-4-25-15-8-6-5-7-14(15)20-12-18-21-22-19(26-18)13-9-10-16(23-2)17(11-13)24-3/h5-11,20H,4,12H2,1-3H3. The van der Waals surface area contributed by atoms with Gasteiger partial charge in [-0.15, -0.1) is 10.2 Å². The summed E-state index contributed by atoms with van der Waals surface area (Å²) in [5, 5.41) is 11.4. The van der Waals surface area contributed by atoms with E-state index in [4.69, 9.17) is 18.6 Å². The number of methoxy groups -OCH3 is 2. The van der Waals surface area contributed by atoms with Crippen molar-refractivity contribution in [1.29, 1.82) is 0 Å². The quantitative estimate of drug-likeness (QED) is 0.659. The molecule has 2 aromatic carbocycles. The first-order chi connectivity index (χ1) is 12.7. The molecule has 0 spiro atoms. The number of aromatic nitrogens is 2. The average molecular weight is 355 g/mol. The number of nitrogens with zero attached hydrogens (tertiary/aromatic N) is 2. The molecule has 1 N–H and O–H groups in total. The zero-order valence-corrected chi connectivity index (χ0v) is 15.0. The van der Waals surface area contributed by atoms with Gasteiger partial charge < -0.3 is 23.9 Å². The fraction of sp³-hybridized carbons (Fsp3) is 0.263. The Morgan fingerprint density at radius 3 is 2.54 bits per heavy atom. The molecule has 136 valence electrons. The summed E-state index contributed by atoms with van der Waals surface area (Å²) in [5.74, 6) is 2.93. The molecule has 0 atom stereocenters. The van der Waals surface area contributed by atoms with E-state index < -0.39 is 0 Å². The van der Waals surface area contributed by atoms with E-state index in [-0.39, 0.29) is 0 Å². The zero-order chi connectivity index (χ0) is 18.4.